The SMILES string of the molecule is O=[N+]([O-])c1ccc(Oc2ccnc3cc(OCCCN4CCOCC4)c(CO)cc23)c(F)c1. The zero-order chi connectivity index (χ0) is 23.2. The lowest BCUT2D eigenvalue weighted by atomic mass is 10.1. The Labute approximate surface area is 189 Å². The molecule has 174 valence electrons. The van der Waals surface area contributed by atoms with Gasteiger partial charge in [0, 0.05) is 48.9 Å². The normalized spacial score (nSPS) is 14.4. The predicted octanol–water partition coefficient (Wildman–Crippen LogP) is 3.67. The number of aromatic nitrogens is 1. The van der Waals surface area contributed by atoms with E-state index in [0.29, 0.717) is 34.6 Å². The van der Waals surface area contributed by atoms with Crippen molar-refractivity contribution in [3.63, 3.8) is 0 Å². The summed E-state index contributed by atoms with van der Waals surface area (Å²) < 4.78 is 31.3. The van der Waals surface area contributed by atoms with Gasteiger partial charge >= 0.3 is 0 Å². The molecular weight excluding hydrogens is 433 g/mol. The number of fused-ring (bicyclic) bond motifs is 1. The summed E-state index contributed by atoms with van der Waals surface area (Å²) in [6, 6.07) is 8.16. The number of aliphatic hydroxyl groups excluding tert-OH is 1. The zero-order valence-electron chi connectivity index (χ0n) is 17.9. The number of rotatable bonds is 9. The summed E-state index contributed by atoms with van der Waals surface area (Å²) in [7, 11) is 0. The van der Waals surface area contributed by atoms with Crippen LogP contribution in [0.1, 0.15) is 12.0 Å². The Morgan fingerprint density at radius 3 is 2.70 bits per heavy atom. The first-order valence-electron chi connectivity index (χ1n) is 10.6. The number of benzene rings is 2. The lowest BCUT2D eigenvalue weighted by molar-refractivity contribution is -0.385. The summed E-state index contributed by atoms with van der Waals surface area (Å²) in [4.78, 5) is 16.8. The van der Waals surface area contributed by atoms with Gasteiger partial charge in [-0.1, -0.05) is 0 Å². The number of hydrogen-bond donors (Lipinski definition) is 1. The second-order valence-corrected chi connectivity index (χ2v) is 7.57. The van der Waals surface area contributed by atoms with Crippen LogP contribution >= 0.6 is 0 Å². The van der Waals surface area contributed by atoms with E-state index in [2.05, 4.69) is 9.88 Å². The third-order valence-corrected chi connectivity index (χ3v) is 5.38. The molecule has 0 aliphatic carbocycles. The average molecular weight is 457 g/mol. The smallest absolute Gasteiger partial charge is 0.272 e. The van der Waals surface area contributed by atoms with Crippen LogP contribution in [0.5, 0.6) is 17.2 Å². The molecule has 1 aromatic heterocycles. The second-order valence-electron chi connectivity index (χ2n) is 7.57. The van der Waals surface area contributed by atoms with Crippen LogP contribution in [0.2, 0.25) is 0 Å². The van der Waals surface area contributed by atoms with E-state index in [9.17, 15) is 19.6 Å². The highest BCUT2D eigenvalue weighted by atomic mass is 19.1. The van der Waals surface area contributed by atoms with Crippen LogP contribution in [0, 0.1) is 15.9 Å². The average Bonchev–Trinajstić information content (AvgIpc) is 2.83. The van der Waals surface area contributed by atoms with Crippen LogP contribution in [0.25, 0.3) is 10.9 Å². The van der Waals surface area contributed by atoms with Crippen LogP contribution in [0.3, 0.4) is 0 Å². The first kappa shape index (κ1) is 22.8. The molecule has 0 bridgehead atoms. The molecule has 1 saturated heterocycles. The number of nitro benzene ring substituents is 1. The number of hydrogen-bond acceptors (Lipinski definition) is 8. The Kier molecular flexibility index (Phi) is 7.28. The number of aliphatic hydroxyl groups is 1. The van der Waals surface area contributed by atoms with Crippen LogP contribution in [-0.4, -0.2) is 59.4 Å². The highest BCUT2D eigenvalue weighted by molar-refractivity contribution is 5.87. The van der Waals surface area contributed by atoms with E-state index < -0.39 is 10.7 Å². The molecule has 1 aliphatic rings. The zero-order valence-corrected chi connectivity index (χ0v) is 17.9. The van der Waals surface area contributed by atoms with Gasteiger partial charge in [0.1, 0.15) is 11.5 Å². The minimum absolute atomic E-state index is 0.151. The predicted molar refractivity (Wildman–Crippen MR) is 118 cm³/mol. The maximum absolute atomic E-state index is 14.3. The molecule has 1 aliphatic heterocycles. The highest BCUT2D eigenvalue weighted by Crippen LogP contribution is 2.35. The van der Waals surface area contributed by atoms with Gasteiger partial charge in [-0.3, -0.25) is 20.0 Å². The fraction of sp³-hybridized carbons (Fsp3) is 0.348. The third-order valence-electron chi connectivity index (χ3n) is 5.38. The Morgan fingerprint density at radius 1 is 1.15 bits per heavy atom. The van der Waals surface area contributed by atoms with Gasteiger partial charge in [-0.05, 0) is 24.6 Å². The molecule has 33 heavy (non-hydrogen) atoms. The molecule has 0 atom stereocenters. The lowest BCUT2D eigenvalue weighted by Crippen LogP contribution is -2.37. The van der Waals surface area contributed by atoms with Gasteiger partial charge in [0.05, 0.1) is 42.9 Å². The first-order chi connectivity index (χ1) is 16.0. The number of morpholine rings is 1. The van der Waals surface area contributed by atoms with Gasteiger partial charge in [-0.15, -0.1) is 0 Å². The Hall–Kier alpha value is -3.34. The summed E-state index contributed by atoms with van der Waals surface area (Å²) in [5.74, 6) is -0.168. The van der Waals surface area contributed by atoms with Crippen LogP contribution in [0.15, 0.2) is 42.6 Å². The van der Waals surface area contributed by atoms with Gasteiger partial charge in [-0.25, -0.2) is 4.39 Å². The Balaban J connectivity index is 1.50. The maximum atomic E-state index is 14.3. The molecule has 3 aromatic rings. The fourth-order valence-electron chi connectivity index (χ4n) is 3.64. The Bertz CT molecular complexity index is 1140. The molecule has 1 N–H and O–H groups in total. The van der Waals surface area contributed by atoms with E-state index in [0.717, 1.165) is 45.3 Å². The van der Waals surface area contributed by atoms with E-state index in [1.807, 2.05) is 0 Å². The summed E-state index contributed by atoms with van der Waals surface area (Å²) in [6.45, 7) is 4.47. The van der Waals surface area contributed by atoms with Crippen molar-refractivity contribution in [3.05, 3.63) is 64.1 Å². The van der Waals surface area contributed by atoms with Crippen molar-refractivity contribution in [1.29, 1.82) is 0 Å². The number of halogens is 1. The van der Waals surface area contributed by atoms with E-state index in [4.69, 9.17) is 14.2 Å². The van der Waals surface area contributed by atoms with Crippen molar-refractivity contribution < 1.29 is 28.6 Å². The quantitative estimate of drug-likeness (QED) is 0.295. The molecular formula is C23H24FN3O6. The summed E-state index contributed by atoms with van der Waals surface area (Å²) in [6.07, 6.45) is 2.35. The molecule has 0 saturated carbocycles. The van der Waals surface area contributed by atoms with Crippen molar-refractivity contribution >= 4 is 16.6 Å². The second kappa shape index (κ2) is 10.5. The minimum Gasteiger partial charge on any atom is -0.493 e. The van der Waals surface area contributed by atoms with Crippen molar-refractivity contribution in [1.82, 2.24) is 9.88 Å². The van der Waals surface area contributed by atoms with E-state index in [1.165, 1.54) is 18.3 Å². The van der Waals surface area contributed by atoms with Gasteiger partial charge in [0.2, 0.25) is 0 Å². The van der Waals surface area contributed by atoms with Crippen molar-refractivity contribution in [2.75, 3.05) is 39.5 Å². The van der Waals surface area contributed by atoms with E-state index >= 15 is 0 Å². The van der Waals surface area contributed by atoms with Crippen LogP contribution in [-0.2, 0) is 11.3 Å². The minimum atomic E-state index is -0.850. The van der Waals surface area contributed by atoms with Crippen LogP contribution in [0.4, 0.5) is 10.1 Å². The van der Waals surface area contributed by atoms with Gasteiger partial charge in [0.15, 0.2) is 11.6 Å². The lowest BCUT2D eigenvalue weighted by Gasteiger charge is -2.26. The highest BCUT2D eigenvalue weighted by Gasteiger charge is 2.16. The number of nitrogens with zero attached hydrogens (tertiary/aromatic N) is 3. The van der Waals surface area contributed by atoms with Gasteiger partial charge in [-0.2, -0.15) is 0 Å². The molecule has 10 heteroatoms. The molecule has 1 fully saturated rings. The first-order valence-corrected chi connectivity index (χ1v) is 10.6. The van der Waals surface area contributed by atoms with Crippen LogP contribution < -0.4 is 9.47 Å². The Morgan fingerprint density at radius 2 is 1.97 bits per heavy atom. The monoisotopic (exact) mass is 457 g/mol. The summed E-state index contributed by atoms with van der Waals surface area (Å²) >= 11 is 0. The molecule has 2 aromatic carbocycles. The van der Waals surface area contributed by atoms with Gasteiger partial charge < -0.3 is 19.3 Å². The molecule has 9 nitrogen and oxygen atoms in total. The molecule has 0 unspecified atom stereocenters. The third kappa shape index (κ3) is 5.54. The van der Waals surface area contributed by atoms with Crippen molar-refractivity contribution in [2.45, 2.75) is 13.0 Å². The van der Waals surface area contributed by atoms with Gasteiger partial charge in [0.25, 0.3) is 5.69 Å². The number of pyridine rings is 1. The largest absolute Gasteiger partial charge is 0.493 e. The maximum Gasteiger partial charge on any atom is 0.272 e. The standard InChI is InChI=1S/C23H24FN3O6/c24-19-13-17(27(29)30)2-3-22(19)33-21-4-5-25-20-14-23(16(15-28)12-18(20)21)32-9-1-6-26-7-10-31-11-8-26/h2-5,12-14,28H,1,6-11,15H2. The molecule has 4 rings (SSSR count). The number of ether oxygens (including phenoxy) is 3. The van der Waals surface area contributed by atoms with Crippen molar-refractivity contribution in [3.8, 4) is 17.2 Å². The number of nitro groups is 1. The fourth-order valence-corrected chi connectivity index (χ4v) is 3.64. The number of non-ortho nitro benzene ring substituents is 1. The molecule has 0 amide bonds. The summed E-state index contributed by atoms with van der Waals surface area (Å²) in [5.41, 5.74) is 0.739. The van der Waals surface area contributed by atoms with E-state index in [1.54, 1.807) is 18.2 Å². The molecule has 0 spiro atoms. The summed E-state index contributed by atoms with van der Waals surface area (Å²) in [5, 5.41) is 21.2. The topological polar surface area (TPSA) is 107 Å². The molecule has 0 radical (unpaired) electrons. The molecule has 2 heterocycles. The van der Waals surface area contributed by atoms with E-state index in [-0.39, 0.29) is 18.0 Å². The van der Waals surface area contributed by atoms with Crippen molar-refractivity contribution in [2.24, 2.45) is 0 Å².